The van der Waals surface area contributed by atoms with Gasteiger partial charge >= 0.3 is 5.69 Å². The van der Waals surface area contributed by atoms with Gasteiger partial charge in [-0.25, -0.2) is 13.2 Å². The Kier molecular flexibility index (Phi) is 5.41. The minimum Gasteiger partial charge on any atom is -0.305 e. The Morgan fingerprint density at radius 1 is 0.968 bits per heavy atom. The van der Waals surface area contributed by atoms with E-state index in [1.165, 1.54) is 6.20 Å². The zero-order valence-corrected chi connectivity index (χ0v) is 18.2. The molecule has 0 spiro atoms. The molecule has 9 heteroatoms. The number of nitrogens with one attached hydrogen (secondary N) is 1. The van der Waals surface area contributed by atoms with Crippen molar-refractivity contribution in [2.75, 3.05) is 19.6 Å². The van der Waals surface area contributed by atoms with Crippen molar-refractivity contribution in [1.82, 2.24) is 23.7 Å². The van der Waals surface area contributed by atoms with E-state index >= 15 is 0 Å². The molecule has 2 fully saturated rings. The number of benzene rings is 1. The zero-order chi connectivity index (χ0) is 21.4. The van der Waals surface area contributed by atoms with Crippen LogP contribution < -0.4 is 5.69 Å². The molecule has 4 heterocycles. The van der Waals surface area contributed by atoms with Gasteiger partial charge in [0.1, 0.15) is 4.90 Å². The predicted molar refractivity (Wildman–Crippen MR) is 118 cm³/mol. The number of hydrogen-bond acceptors (Lipinski definition) is 5. The summed E-state index contributed by atoms with van der Waals surface area (Å²) in [7, 11) is -3.52. The summed E-state index contributed by atoms with van der Waals surface area (Å²) in [6.07, 6.45) is 7.61. The highest BCUT2D eigenvalue weighted by molar-refractivity contribution is 7.89. The van der Waals surface area contributed by atoms with Gasteiger partial charge in [0.25, 0.3) is 0 Å². The number of imidazole rings is 1. The molecule has 1 unspecified atom stereocenters. The molecule has 2 saturated heterocycles. The lowest BCUT2D eigenvalue weighted by Gasteiger charge is -2.44. The van der Waals surface area contributed by atoms with Crippen molar-refractivity contribution in [3.05, 3.63) is 59.3 Å². The van der Waals surface area contributed by atoms with E-state index in [4.69, 9.17) is 0 Å². The average Bonchev–Trinajstić information content (AvgIpc) is 3.15. The van der Waals surface area contributed by atoms with E-state index in [9.17, 15) is 13.2 Å². The lowest BCUT2D eigenvalue weighted by molar-refractivity contribution is 0.0286. The van der Waals surface area contributed by atoms with E-state index in [1.807, 2.05) is 28.8 Å². The van der Waals surface area contributed by atoms with Crippen LogP contribution in [0.4, 0.5) is 0 Å². The first-order valence-electron chi connectivity index (χ1n) is 10.9. The molecule has 0 amide bonds. The molecule has 1 atom stereocenters. The van der Waals surface area contributed by atoms with Gasteiger partial charge < -0.3 is 4.98 Å². The Balaban J connectivity index is 1.37. The molecule has 0 bridgehead atoms. The lowest BCUT2D eigenvalue weighted by Crippen LogP contribution is -2.51. The number of aromatic nitrogens is 3. The summed E-state index contributed by atoms with van der Waals surface area (Å²) >= 11 is 0. The largest absolute Gasteiger partial charge is 0.327 e. The highest BCUT2D eigenvalue weighted by atomic mass is 32.2. The second-order valence-electron chi connectivity index (χ2n) is 8.36. The Hall–Kier alpha value is -2.49. The summed E-state index contributed by atoms with van der Waals surface area (Å²) in [5, 5.41) is 0. The third-order valence-electron chi connectivity index (χ3n) is 6.60. The van der Waals surface area contributed by atoms with E-state index in [0.29, 0.717) is 13.1 Å². The quantitative estimate of drug-likeness (QED) is 0.672. The van der Waals surface area contributed by atoms with Crippen LogP contribution in [0.3, 0.4) is 0 Å². The summed E-state index contributed by atoms with van der Waals surface area (Å²) in [5.41, 5.74) is 1.71. The molecule has 1 aromatic carbocycles. The fourth-order valence-electron chi connectivity index (χ4n) is 5.07. The van der Waals surface area contributed by atoms with E-state index in [0.717, 1.165) is 49.7 Å². The molecule has 5 rings (SSSR count). The first-order chi connectivity index (χ1) is 15.1. The smallest absolute Gasteiger partial charge is 0.305 e. The summed E-state index contributed by atoms with van der Waals surface area (Å²) in [6, 6.07) is 11.3. The van der Waals surface area contributed by atoms with Crippen molar-refractivity contribution in [2.45, 2.75) is 49.2 Å². The number of aromatic amines is 1. The van der Waals surface area contributed by atoms with Crippen LogP contribution >= 0.6 is 0 Å². The van der Waals surface area contributed by atoms with Gasteiger partial charge in [-0.2, -0.15) is 4.31 Å². The standard InChI is InChI=1S/C22H27N5O3S/c28-22-24-19-7-1-2-8-20(19)27(22)21-9-3-4-13-26(21)17-10-14-25(15-11-17)31(29,30)18-6-5-12-23-16-18/h1-2,5-8,12,16-17,21H,3-4,9-11,13-15H2,(H,24,28). The van der Waals surface area contributed by atoms with Crippen molar-refractivity contribution in [3.63, 3.8) is 0 Å². The number of hydrogen-bond donors (Lipinski definition) is 1. The number of para-hydroxylation sites is 2. The third kappa shape index (κ3) is 3.71. The molecule has 0 aliphatic carbocycles. The molecule has 3 aromatic rings. The van der Waals surface area contributed by atoms with Crippen LogP contribution in [0.5, 0.6) is 0 Å². The number of fused-ring (bicyclic) bond motifs is 1. The Morgan fingerprint density at radius 2 is 1.77 bits per heavy atom. The summed E-state index contributed by atoms with van der Waals surface area (Å²) in [4.78, 5) is 22.4. The first-order valence-corrected chi connectivity index (χ1v) is 12.3. The summed E-state index contributed by atoms with van der Waals surface area (Å²) in [6.45, 7) is 1.89. The van der Waals surface area contributed by atoms with E-state index in [1.54, 1.807) is 22.6 Å². The molecular formula is C22H27N5O3S. The molecule has 0 saturated carbocycles. The monoisotopic (exact) mass is 441 g/mol. The number of H-pyrrole nitrogens is 1. The molecule has 0 radical (unpaired) electrons. The van der Waals surface area contributed by atoms with Crippen molar-refractivity contribution in [3.8, 4) is 0 Å². The number of rotatable bonds is 4. The number of piperidine rings is 2. The average molecular weight is 442 g/mol. The molecule has 8 nitrogen and oxygen atoms in total. The number of nitrogens with zero attached hydrogens (tertiary/aromatic N) is 4. The Bertz CT molecular complexity index is 1210. The Labute approximate surface area is 181 Å². The molecule has 31 heavy (non-hydrogen) atoms. The number of sulfonamides is 1. The highest BCUT2D eigenvalue weighted by Crippen LogP contribution is 2.33. The van der Waals surface area contributed by atoms with Crippen LogP contribution in [0.15, 0.2) is 58.5 Å². The molecule has 1 N–H and O–H groups in total. The highest BCUT2D eigenvalue weighted by Gasteiger charge is 2.36. The fourth-order valence-corrected chi connectivity index (χ4v) is 6.51. The van der Waals surface area contributed by atoms with Gasteiger partial charge in [0, 0.05) is 38.1 Å². The lowest BCUT2D eigenvalue weighted by atomic mass is 9.99. The predicted octanol–water partition coefficient (Wildman–Crippen LogP) is 2.56. The van der Waals surface area contributed by atoms with Gasteiger partial charge in [-0.1, -0.05) is 12.1 Å². The van der Waals surface area contributed by atoms with Gasteiger partial charge in [0.05, 0.1) is 17.2 Å². The van der Waals surface area contributed by atoms with Crippen LogP contribution in [0.1, 0.15) is 38.3 Å². The molecular weight excluding hydrogens is 414 g/mol. The summed E-state index contributed by atoms with van der Waals surface area (Å²) < 4.78 is 29.3. The second kappa shape index (κ2) is 8.22. The first kappa shape index (κ1) is 20.4. The van der Waals surface area contributed by atoms with Gasteiger partial charge in [-0.15, -0.1) is 0 Å². The van der Waals surface area contributed by atoms with Gasteiger partial charge in [-0.3, -0.25) is 14.5 Å². The number of pyridine rings is 1. The third-order valence-corrected chi connectivity index (χ3v) is 8.48. The van der Waals surface area contributed by atoms with Crippen LogP contribution in [0, 0.1) is 0 Å². The van der Waals surface area contributed by atoms with Crippen LogP contribution in [0.25, 0.3) is 11.0 Å². The topological polar surface area (TPSA) is 91.3 Å². The van der Waals surface area contributed by atoms with Crippen molar-refractivity contribution in [2.24, 2.45) is 0 Å². The van der Waals surface area contributed by atoms with Gasteiger partial charge in [0.15, 0.2) is 0 Å². The van der Waals surface area contributed by atoms with Gasteiger partial charge in [-0.05, 0) is 56.4 Å². The number of likely N-dealkylation sites (tertiary alicyclic amines) is 1. The zero-order valence-electron chi connectivity index (χ0n) is 17.4. The van der Waals surface area contributed by atoms with Crippen molar-refractivity contribution in [1.29, 1.82) is 0 Å². The second-order valence-corrected chi connectivity index (χ2v) is 10.3. The molecule has 2 aromatic heterocycles. The van der Waals surface area contributed by atoms with E-state index in [-0.39, 0.29) is 22.8 Å². The maximum Gasteiger partial charge on any atom is 0.327 e. The van der Waals surface area contributed by atoms with Crippen LogP contribution in [-0.4, -0.2) is 57.8 Å². The SMILES string of the molecule is O=c1[nH]c2ccccc2n1C1CCCCN1C1CCN(S(=O)(=O)c2cccnc2)CC1. The van der Waals surface area contributed by atoms with Gasteiger partial charge in [0.2, 0.25) is 10.0 Å². The van der Waals surface area contributed by atoms with E-state index in [2.05, 4.69) is 14.9 Å². The molecule has 164 valence electrons. The van der Waals surface area contributed by atoms with Crippen molar-refractivity contribution < 1.29 is 8.42 Å². The maximum atomic E-state index is 12.9. The molecule has 2 aliphatic heterocycles. The Morgan fingerprint density at radius 3 is 2.55 bits per heavy atom. The normalized spacial score (nSPS) is 22.1. The fraction of sp³-hybridized carbons (Fsp3) is 0.455. The van der Waals surface area contributed by atoms with Crippen LogP contribution in [-0.2, 0) is 10.0 Å². The summed E-state index contributed by atoms with van der Waals surface area (Å²) in [5.74, 6) is 0. The minimum absolute atomic E-state index is 0.00359. The maximum absolute atomic E-state index is 12.9. The minimum atomic E-state index is -3.52. The van der Waals surface area contributed by atoms with E-state index < -0.39 is 10.0 Å². The molecule has 2 aliphatic rings. The van der Waals surface area contributed by atoms with Crippen LogP contribution in [0.2, 0.25) is 0 Å². The van der Waals surface area contributed by atoms with Crippen molar-refractivity contribution >= 4 is 21.1 Å².